The van der Waals surface area contributed by atoms with Crippen molar-refractivity contribution in [2.45, 2.75) is 6.42 Å². The Balaban J connectivity index is 3.16. The van der Waals surface area contributed by atoms with Crippen molar-refractivity contribution in [1.29, 1.82) is 5.26 Å². The molecule has 78 valence electrons. The number of halogens is 2. The van der Waals surface area contributed by atoms with E-state index < -0.39 is 0 Å². The number of benzene rings is 1. The predicted molar refractivity (Wildman–Crippen MR) is 62.3 cm³/mol. The molecule has 0 saturated heterocycles. The van der Waals surface area contributed by atoms with Gasteiger partial charge in [0.25, 0.3) is 0 Å². The first kappa shape index (κ1) is 12.2. The molecule has 0 aliphatic heterocycles. The fourth-order valence-electron chi connectivity index (χ4n) is 1.06. The Labute approximate surface area is 104 Å². The number of ether oxygens (including phenoxy) is 1. The first-order chi connectivity index (χ1) is 7.10. The van der Waals surface area contributed by atoms with E-state index in [0.29, 0.717) is 10.0 Å². The molecule has 0 aromatic heterocycles. The minimum absolute atomic E-state index is 0.132. The maximum Gasteiger partial charge on any atom is 0.310 e. The minimum Gasteiger partial charge on any atom is -0.469 e. The Morgan fingerprint density at radius 3 is 2.73 bits per heavy atom. The SMILES string of the molecule is COC(=O)Cc1c(Br)ccc(C#N)c1Br. The molecule has 0 aliphatic carbocycles. The summed E-state index contributed by atoms with van der Waals surface area (Å²) in [7, 11) is 1.33. The quantitative estimate of drug-likeness (QED) is 0.782. The van der Waals surface area contributed by atoms with Gasteiger partial charge in [-0.15, -0.1) is 0 Å². The topological polar surface area (TPSA) is 50.1 Å². The van der Waals surface area contributed by atoms with Crippen molar-refractivity contribution >= 4 is 37.8 Å². The standard InChI is InChI=1S/C10H7Br2NO2/c1-15-9(14)4-7-8(11)3-2-6(5-13)10(7)12/h2-3H,4H2,1H3. The van der Waals surface area contributed by atoms with Gasteiger partial charge in [-0.1, -0.05) is 15.9 Å². The normalized spacial score (nSPS) is 9.47. The van der Waals surface area contributed by atoms with Gasteiger partial charge in [-0.3, -0.25) is 4.79 Å². The van der Waals surface area contributed by atoms with E-state index in [1.165, 1.54) is 7.11 Å². The molecule has 15 heavy (non-hydrogen) atoms. The molecule has 1 rings (SSSR count). The van der Waals surface area contributed by atoms with Gasteiger partial charge in [-0.2, -0.15) is 5.26 Å². The molecule has 1 aromatic carbocycles. The zero-order valence-corrected chi connectivity index (χ0v) is 11.1. The average Bonchev–Trinajstić information content (AvgIpc) is 2.24. The van der Waals surface area contributed by atoms with E-state index in [9.17, 15) is 4.79 Å². The maximum absolute atomic E-state index is 11.1. The Hall–Kier alpha value is -0.860. The third-order valence-electron chi connectivity index (χ3n) is 1.86. The second-order valence-corrected chi connectivity index (χ2v) is 4.40. The molecule has 0 unspecified atom stereocenters. The summed E-state index contributed by atoms with van der Waals surface area (Å²) in [4.78, 5) is 11.1. The van der Waals surface area contributed by atoms with Crippen LogP contribution in [0.3, 0.4) is 0 Å². The molecular formula is C10H7Br2NO2. The van der Waals surface area contributed by atoms with E-state index in [0.717, 1.165) is 10.0 Å². The van der Waals surface area contributed by atoms with Crippen molar-refractivity contribution in [3.8, 4) is 6.07 Å². The number of methoxy groups -OCH3 is 1. The van der Waals surface area contributed by atoms with Crippen LogP contribution in [0.2, 0.25) is 0 Å². The third kappa shape index (κ3) is 2.80. The molecule has 0 spiro atoms. The molecule has 0 bridgehead atoms. The Bertz CT molecular complexity index is 438. The van der Waals surface area contributed by atoms with Gasteiger partial charge < -0.3 is 4.74 Å². The number of esters is 1. The fourth-order valence-corrected chi connectivity index (χ4v) is 2.37. The maximum atomic E-state index is 11.1. The second kappa shape index (κ2) is 5.29. The monoisotopic (exact) mass is 331 g/mol. The summed E-state index contributed by atoms with van der Waals surface area (Å²) in [5.41, 5.74) is 1.22. The zero-order chi connectivity index (χ0) is 11.4. The largest absolute Gasteiger partial charge is 0.469 e. The van der Waals surface area contributed by atoms with Crippen LogP contribution >= 0.6 is 31.9 Å². The third-order valence-corrected chi connectivity index (χ3v) is 3.50. The predicted octanol–water partition coefficient (Wildman–Crippen LogP) is 2.80. The molecule has 0 amide bonds. The first-order valence-corrected chi connectivity index (χ1v) is 5.62. The number of carbonyl (C=O) groups is 1. The van der Waals surface area contributed by atoms with Crippen molar-refractivity contribution < 1.29 is 9.53 Å². The smallest absolute Gasteiger partial charge is 0.310 e. The van der Waals surface area contributed by atoms with Crippen LogP contribution < -0.4 is 0 Å². The van der Waals surface area contributed by atoms with Gasteiger partial charge in [0.15, 0.2) is 0 Å². The van der Waals surface area contributed by atoms with Crippen LogP contribution in [-0.2, 0) is 16.0 Å². The van der Waals surface area contributed by atoms with Gasteiger partial charge in [0, 0.05) is 8.95 Å². The van der Waals surface area contributed by atoms with Crippen LogP contribution in [0.4, 0.5) is 0 Å². The van der Waals surface area contributed by atoms with E-state index in [-0.39, 0.29) is 12.4 Å². The van der Waals surface area contributed by atoms with Gasteiger partial charge in [-0.05, 0) is 33.6 Å². The summed E-state index contributed by atoms with van der Waals surface area (Å²) in [5, 5.41) is 8.81. The lowest BCUT2D eigenvalue weighted by Gasteiger charge is -2.07. The number of hydrogen-bond acceptors (Lipinski definition) is 3. The highest BCUT2D eigenvalue weighted by Crippen LogP contribution is 2.29. The Morgan fingerprint density at radius 2 is 2.20 bits per heavy atom. The molecule has 0 fully saturated rings. The highest BCUT2D eigenvalue weighted by atomic mass is 79.9. The summed E-state index contributed by atoms with van der Waals surface area (Å²) in [6.07, 6.45) is 0.132. The second-order valence-electron chi connectivity index (χ2n) is 2.75. The molecule has 0 atom stereocenters. The van der Waals surface area contributed by atoms with Crippen molar-refractivity contribution in [2.75, 3.05) is 7.11 Å². The van der Waals surface area contributed by atoms with Gasteiger partial charge >= 0.3 is 5.97 Å². The summed E-state index contributed by atoms with van der Waals surface area (Å²) in [6, 6.07) is 5.45. The number of nitrogens with zero attached hydrogens (tertiary/aromatic N) is 1. The van der Waals surface area contributed by atoms with Crippen LogP contribution in [0.15, 0.2) is 21.1 Å². The molecule has 0 aliphatic rings. The van der Waals surface area contributed by atoms with Gasteiger partial charge in [-0.25, -0.2) is 0 Å². The van der Waals surface area contributed by atoms with Crippen LogP contribution in [0.1, 0.15) is 11.1 Å². The summed E-state index contributed by atoms with van der Waals surface area (Å²) < 4.78 is 5.98. The van der Waals surface area contributed by atoms with Crippen molar-refractivity contribution in [2.24, 2.45) is 0 Å². The van der Waals surface area contributed by atoms with Crippen LogP contribution in [0.5, 0.6) is 0 Å². The lowest BCUT2D eigenvalue weighted by atomic mass is 10.1. The minimum atomic E-state index is -0.341. The highest BCUT2D eigenvalue weighted by Gasteiger charge is 2.13. The van der Waals surface area contributed by atoms with Crippen LogP contribution in [0, 0.1) is 11.3 Å². The number of carbonyl (C=O) groups excluding carboxylic acids is 1. The Morgan fingerprint density at radius 1 is 1.53 bits per heavy atom. The fraction of sp³-hybridized carbons (Fsp3) is 0.200. The van der Waals surface area contributed by atoms with Gasteiger partial charge in [0.05, 0.1) is 19.1 Å². The zero-order valence-electron chi connectivity index (χ0n) is 7.88. The lowest BCUT2D eigenvalue weighted by Crippen LogP contribution is -2.06. The van der Waals surface area contributed by atoms with Crippen LogP contribution in [-0.4, -0.2) is 13.1 Å². The van der Waals surface area contributed by atoms with E-state index in [1.54, 1.807) is 12.1 Å². The molecule has 0 saturated carbocycles. The molecule has 1 aromatic rings. The van der Waals surface area contributed by atoms with Gasteiger partial charge in [0.2, 0.25) is 0 Å². The first-order valence-electron chi connectivity index (χ1n) is 4.04. The number of rotatable bonds is 2. The van der Waals surface area contributed by atoms with E-state index in [1.807, 2.05) is 6.07 Å². The molecule has 0 heterocycles. The summed E-state index contributed by atoms with van der Waals surface area (Å²) in [6.45, 7) is 0. The molecular weight excluding hydrogens is 326 g/mol. The van der Waals surface area contributed by atoms with E-state index >= 15 is 0 Å². The molecule has 0 N–H and O–H groups in total. The van der Waals surface area contributed by atoms with Gasteiger partial charge in [0.1, 0.15) is 6.07 Å². The van der Waals surface area contributed by atoms with E-state index in [4.69, 9.17) is 5.26 Å². The van der Waals surface area contributed by atoms with Crippen LogP contribution in [0.25, 0.3) is 0 Å². The number of nitriles is 1. The Kier molecular flexibility index (Phi) is 4.30. The van der Waals surface area contributed by atoms with Crippen molar-refractivity contribution in [1.82, 2.24) is 0 Å². The average molecular weight is 333 g/mol. The number of hydrogen-bond donors (Lipinski definition) is 0. The lowest BCUT2D eigenvalue weighted by molar-refractivity contribution is -0.139. The summed E-state index contributed by atoms with van der Waals surface area (Å²) in [5.74, 6) is -0.341. The summed E-state index contributed by atoms with van der Waals surface area (Å²) >= 11 is 6.61. The molecule has 5 heteroatoms. The molecule has 3 nitrogen and oxygen atoms in total. The molecule has 0 radical (unpaired) electrons. The highest BCUT2D eigenvalue weighted by molar-refractivity contribution is 9.11. The van der Waals surface area contributed by atoms with Crippen molar-refractivity contribution in [3.05, 3.63) is 32.2 Å². The van der Waals surface area contributed by atoms with Crippen molar-refractivity contribution in [3.63, 3.8) is 0 Å². The van der Waals surface area contributed by atoms with E-state index in [2.05, 4.69) is 36.6 Å².